The quantitative estimate of drug-likeness (QED) is 0.0796. The second-order valence-corrected chi connectivity index (χ2v) is 8.15. The number of aliphatic hydroxyl groups excluding tert-OH is 1. The first-order valence-electron chi connectivity index (χ1n) is 11.7. The Morgan fingerprint density at radius 2 is 1.14 bits per heavy atom. The zero-order chi connectivity index (χ0) is 20.9. The highest BCUT2D eigenvalue weighted by molar-refractivity contribution is 4.81. The van der Waals surface area contributed by atoms with Crippen molar-refractivity contribution in [3.8, 4) is 0 Å². The summed E-state index contributed by atoms with van der Waals surface area (Å²) in [6.07, 6.45) is 23.1. The molecule has 0 aliphatic carbocycles. The van der Waals surface area contributed by atoms with E-state index in [1.165, 1.54) is 77.0 Å². The number of nitrogens with zero attached hydrogens (tertiary/aromatic N) is 1. The molecule has 0 aliphatic rings. The molecule has 4 N–H and O–H groups in total. The molecule has 0 bridgehead atoms. The van der Waals surface area contributed by atoms with Crippen LogP contribution < -0.4 is 0 Å². The summed E-state index contributed by atoms with van der Waals surface area (Å²) >= 11 is 0. The van der Waals surface area contributed by atoms with Gasteiger partial charge in [0.15, 0.2) is 6.29 Å². The number of allylic oxidation sites excluding steroid dienone is 2. The molecule has 168 valence electrons. The molecule has 0 amide bonds. The van der Waals surface area contributed by atoms with Gasteiger partial charge in [-0.25, -0.2) is 0 Å². The highest BCUT2D eigenvalue weighted by atomic mass is 16.8. The maximum atomic E-state index is 8.96. The molecule has 1 atom stereocenters. The van der Waals surface area contributed by atoms with Crippen LogP contribution >= 0.6 is 0 Å². The Bertz CT molecular complexity index is 335. The lowest BCUT2D eigenvalue weighted by Gasteiger charge is -2.15. The SMILES string of the molecule is CCC(CCCCCCCC=CCCCCCCCCN(O)O)CCC(O)O. The van der Waals surface area contributed by atoms with Gasteiger partial charge in [-0.15, -0.1) is 0 Å². The summed E-state index contributed by atoms with van der Waals surface area (Å²) in [5, 5.41) is 35.4. The third-order valence-electron chi connectivity index (χ3n) is 5.54. The van der Waals surface area contributed by atoms with Crippen LogP contribution in [0, 0.1) is 5.92 Å². The summed E-state index contributed by atoms with van der Waals surface area (Å²) in [6.45, 7) is 2.54. The van der Waals surface area contributed by atoms with Crippen LogP contribution in [0.15, 0.2) is 12.2 Å². The van der Waals surface area contributed by atoms with Gasteiger partial charge in [0, 0.05) is 0 Å². The van der Waals surface area contributed by atoms with Gasteiger partial charge < -0.3 is 10.2 Å². The molecule has 0 aromatic heterocycles. The van der Waals surface area contributed by atoms with Crippen molar-refractivity contribution in [1.82, 2.24) is 5.23 Å². The van der Waals surface area contributed by atoms with E-state index in [4.69, 9.17) is 20.6 Å². The molecule has 5 heteroatoms. The third-order valence-corrected chi connectivity index (χ3v) is 5.54. The average Bonchev–Trinajstić information content (AvgIpc) is 2.66. The van der Waals surface area contributed by atoms with Crippen molar-refractivity contribution in [2.24, 2.45) is 5.92 Å². The number of rotatable bonds is 21. The first kappa shape index (κ1) is 27.5. The molecule has 0 saturated heterocycles. The van der Waals surface area contributed by atoms with Crippen LogP contribution in [-0.4, -0.2) is 38.7 Å². The molecule has 0 spiro atoms. The summed E-state index contributed by atoms with van der Waals surface area (Å²) in [5.74, 6) is 0.649. The number of hydrogen-bond donors (Lipinski definition) is 4. The summed E-state index contributed by atoms with van der Waals surface area (Å²) in [7, 11) is 0. The lowest BCUT2D eigenvalue weighted by atomic mass is 9.93. The molecular weight excluding hydrogens is 354 g/mol. The zero-order valence-corrected chi connectivity index (χ0v) is 18.3. The van der Waals surface area contributed by atoms with E-state index in [-0.39, 0.29) is 5.23 Å². The fourth-order valence-electron chi connectivity index (χ4n) is 3.62. The molecule has 5 nitrogen and oxygen atoms in total. The van der Waals surface area contributed by atoms with Crippen molar-refractivity contribution >= 4 is 0 Å². The Labute approximate surface area is 173 Å². The minimum absolute atomic E-state index is 0.278. The fourth-order valence-corrected chi connectivity index (χ4v) is 3.62. The summed E-state index contributed by atoms with van der Waals surface area (Å²) in [5.41, 5.74) is 0. The topological polar surface area (TPSA) is 84.2 Å². The van der Waals surface area contributed by atoms with E-state index in [0.717, 1.165) is 25.7 Å². The van der Waals surface area contributed by atoms with Gasteiger partial charge in [-0.3, -0.25) is 10.4 Å². The molecule has 0 fully saturated rings. The molecule has 0 aromatic carbocycles. The second-order valence-electron chi connectivity index (χ2n) is 8.15. The first-order chi connectivity index (χ1) is 13.6. The van der Waals surface area contributed by atoms with E-state index in [1.54, 1.807) is 0 Å². The van der Waals surface area contributed by atoms with Crippen LogP contribution in [0.25, 0.3) is 0 Å². The number of aliphatic hydroxyl groups is 2. The number of unbranched alkanes of at least 4 members (excludes halogenated alkanes) is 11. The van der Waals surface area contributed by atoms with Crippen LogP contribution in [0.2, 0.25) is 0 Å². The smallest absolute Gasteiger partial charge is 0.151 e. The van der Waals surface area contributed by atoms with Crippen molar-refractivity contribution in [2.75, 3.05) is 6.54 Å². The van der Waals surface area contributed by atoms with Crippen LogP contribution in [0.1, 0.15) is 116 Å². The van der Waals surface area contributed by atoms with Crippen LogP contribution in [0.5, 0.6) is 0 Å². The lowest BCUT2D eigenvalue weighted by Crippen LogP contribution is -2.14. The lowest BCUT2D eigenvalue weighted by molar-refractivity contribution is -0.306. The monoisotopic (exact) mass is 401 g/mol. The predicted molar refractivity (Wildman–Crippen MR) is 115 cm³/mol. The molecule has 0 radical (unpaired) electrons. The highest BCUT2D eigenvalue weighted by Gasteiger charge is 2.08. The minimum atomic E-state index is -1.14. The molecule has 0 saturated carbocycles. The fraction of sp³-hybridized carbons (Fsp3) is 0.913. The van der Waals surface area contributed by atoms with Gasteiger partial charge in [0.2, 0.25) is 0 Å². The summed E-state index contributed by atoms with van der Waals surface area (Å²) in [4.78, 5) is 0. The largest absolute Gasteiger partial charge is 0.368 e. The van der Waals surface area contributed by atoms with Crippen molar-refractivity contribution in [3.63, 3.8) is 0 Å². The normalized spacial score (nSPS) is 13.2. The molecular formula is C23H47NO4. The predicted octanol–water partition coefficient (Wildman–Crippen LogP) is 6.20. The first-order valence-corrected chi connectivity index (χ1v) is 11.7. The van der Waals surface area contributed by atoms with E-state index in [1.807, 2.05) is 0 Å². The Morgan fingerprint density at radius 1 is 0.643 bits per heavy atom. The Kier molecular flexibility index (Phi) is 20.9. The maximum Gasteiger partial charge on any atom is 0.151 e. The van der Waals surface area contributed by atoms with E-state index in [2.05, 4.69) is 19.1 Å². The van der Waals surface area contributed by atoms with Gasteiger partial charge in [0.05, 0.1) is 6.54 Å². The standard InChI is InChI=1S/C23H47NO4/c1-2-22(19-20-23(25)26)18-16-14-12-10-8-6-4-3-5-7-9-11-13-15-17-21-24(27)28/h3-4,22-23,25-28H,2,5-21H2,1H3. The molecule has 0 aliphatic heterocycles. The molecule has 0 aromatic rings. The van der Waals surface area contributed by atoms with Gasteiger partial charge in [0.25, 0.3) is 0 Å². The van der Waals surface area contributed by atoms with Crippen LogP contribution in [0.3, 0.4) is 0 Å². The Morgan fingerprint density at radius 3 is 1.64 bits per heavy atom. The highest BCUT2D eigenvalue weighted by Crippen LogP contribution is 2.20. The van der Waals surface area contributed by atoms with Gasteiger partial charge >= 0.3 is 0 Å². The third kappa shape index (κ3) is 21.8. The Balaban J connectivity index is 3.27. The van der Waals surface area contributed by atoms with E-state index in [9.17, 15) is 0 Å². The average molecular weight is 402 g/mol. The van der Waals surface area contributed by atoms with Gasteiger partial charge in [-0.05, 0) is 50.9 Å². The maximum absolute atomic E-state index is 8.96. The Hall–Kier alpha value is -0.460. The van der Waals surface area contributed by atoms with Crippen molar-refractivity contribution < 1.29 is 20.6 Å². The number of hydrogen-bond acceptors (Lipinski definition) is 5. The molecule has 28 heavy (non-hydrogen) atoms. The minimum Gasteiger partial charge on any atom is -0.368 e. The van der Waals surface area contributed by atoms with Crippen LogP contribution in [0.4, 0.5) is 0 Å². The van der Waals surface area contributed by atoms with Gasteiger partial charge in [-0.1, -0.05) is 88.5 Å². The van der Waals surface area contributed by atoms with Gasteiger partial charge in [-0.2, -0.15) is 0 Å². The van der Waals surface area contributed by atoms with Crippen molar-refractivity contribution in [1.29, 1.82) is 0 Å². The van der Waals surface area contributed by atoms with E-state index in [0.29, 0.717) is 18.9 Å². The zero-order valence-electron chi connectivity index (χ0n) is 18.3. The second kappa shape index (κ2) is 21.3. The van der Waals surface area contributed by atoms with E-state index >= 15 is 0 Å². The van der Waals surface area contributed by atoms with Crippen molar-refractivity contribution in [3.05, 3.63) is 12.2 Å². The van der Waals surface area contributed by atoms with E-state index < -0.39 is 6.29 Å². The summed E-state index contributed by atoms with van der Waals surface area (Å²) < 4.78 is 0. The molecule has 0 rings (SSSR count). The molecule has 0 heterocycles. The van der Waals surface area contributed by atoms with Crippen molar-refractivity contribution in [2.45, 2.75) is 122 Å². The summed E-state index contributed by atoms with van der Waals surface area (Å²) in [6, 6.07) is 0. The van der Waals surface area contributed by atoms with Gasteiger partial charge in [0.1, 0.15) is 0 Å². The number of hydroxylamine groups is 2. The molecule has 1 unspecified atom stereocenters. The van der Waals surface area contributed by atoms with Crippen LogP contribution in [-0.2, 0) is 0 Å².